The quantitative estimate of drug-likeness (QED) is 0.721. The van der Waals surface area contributed by atoms with E-state index in [9.17, 15) is 4.79 Å². The molecule has 0 radical (unpaired) electrons. The summed E-state index contributed by atoms with van der Waals surface area (Å²) in [5.74, 6) is 0.117. The van der Waals surface area contributed by atoms with E-state index >= 15 is 0 Å². The molecule has 4 rings (SSSR count). The summed E-state index contributed by atoms with van der Waals surface area (Å²) < 4.78 is 0. The van der Waals surface area contributed by atoms with Crippen LogP contribution in [0.5, 0.6) is 0 Å². The van der Waals surface area contributed by atoms with Crippen LogP contribution in [0.2, 0.25) is 0 Å². The van der Waals surface area contributed by atoms with Crippen molar-refractivity contribution in [3.05, 3.63) is 52.7 Å². The van der Waals surface area contributed by atoms with Crippen molar-refractivity contribution in [2.24, 2.45) is 0 Å². The number of fused-ring (bicyclic) bond motifs is 1. The van der Waals surface area contributed by atoms with Gasteiger partial charge in [-0.25, -0.2) is 4.98 Å². The van der Waals surface area contributed by atoms with Gasteiger partial charge >= 0.3 is 0 Å². The Morgan fingerprint density at radius 1 is 1.16 bits per heavy atom. The summed E-state index contributed by atoms with van der Waals surface area (Å²) in [5.41, 5.74) is 3.58. The van der Waals surface area contributed by atoms with Gasteiger partial charge in [0, 0.05) is 42.5 Å². The van der Waals surface area contributed by atoms with E-state index in [4.69, 9.17) is 4.98 Å². The minimum absolute atomic E-state index is 0.117. The monoisotopic (exact) mass is 351 g/mol. The zero-order valence-corrected chi connectivity index (χ0v) is 15.1. The molecule has 4 nitrogen and oxygen atoms in total. The summed E-state index contributed by atoms with van der Waals surface area (Å²) in [6.45, 7) is 6.68. The predicted molar refractivity (Wildman–Crippen MR) is 103 cm³/mol. The van der Waals surface area contributed by atoms with E-state index in [2.05, 4.69) is 23.3 Å². The largest absolute Gasteiger partial charge is 0.336 e. The summed E-state index contributed by atoms with van der Waals surface area (Å²) in [4.78, 5) is 22.3. The normalized spacial score (nSPS) is 15.6. The molecule has 0 unspecified atom stereocenters. The molecule has 1 saturated heterocycles. The Morgan fingerprint density at radius 3 is 2.68 bits per heavy atom. The van der Waals surface area contributed by atoms with Crippen LogP contribution >= 0.6 is 11.3 Å². The zero-order valence-electron chi connectivity index (χ0n) is 14.3. The van der Waals surface area contributed by atoms with E-state index in [-0.39, 0.29) is 5.91 Å². The number of pyridine rings is 1. The van der Waals surface area contributed by atoms with Crippen molar-refractivity contribution < 1.29 is 4.79 Å². The lowest BCUT2D eigenvalue weighted by atomic mass is 10.0. The van der Waals surface area contributed by atoms with Gasteiger partial charge in [0.1, 0.15) is 0 Å². The number of likely N-dealkylation sites (N-methyl/N-ethyl adjacent to an activating group) is 1. The van der Waals surface area contributed by atoms with Crippen molar-refractivity contribution in [3.8, 4) is 11.3 Å². The van der Waals surface area contributed by atoms with E-state index in [0.717, 1.165) is 60.4 Å². The summed E-state index contributed by atoms with van der Waals surface area (Å²) in [7, 11) is 0. The summed E-state index contributed by atoms with van der Waals surface area (Å²) in [5, 5.41) is 5.05. The van der Waals surface area contributed by atoms with Crippen LogP contribution in [0.15, 0.2) is 47.2 Å². The second kappa shape index (κ2) is 6.94. The number of thiophene rings is 1. The van der Waals surface area contributed by atoms with E-state index in [1.807, 2.05) is 40.6 Å². The minimum Gasteiger partial charge on any atom is -0.336 e. The van der Waals surface area contributed by atoms with Gasteiger partial charge in [-0.05, 0) is 30.1 Å². The van der Waals surface area contributed by atoms with Crippen molar-refractivity contribution in [2.45, 2.75) is 6.92 Å². The Balaban J connectivity index is 1.74. The molecule has 3 aromatic rings. The molecule has 0 aliphatic carbocycles. The molecule has 5 heteroatoms. The molecular formula is C20H21N3OS. The van der Waals surface area contributed by atoms with Gasteiger partial charge in [-0.15, -0.1) is 0 Å². The average molecular weight is 351 g/mol. The first-order chi connectivity index (χ1) is 12.3. The summed E-state index contributed by atoms with van der Waals surface area (Å²) in [6.07, 6.45) is 0. The van der Waals surface area contributed by atoms with Crippen molar-refractivity contribution in [2.75, 3.05) is 32.7 Å². The van der Waals surface area contributed by atoms with Gasteiger partial charge in [0.2, 0.25) is 0 Å². The maximum atomic E-state index is 13.2. The zero-order chi connectivity index (χ0) is 17.2. The predicted octanol–water partition coefficient (Wildman–Crippen LogP) is 3.74. The molecule has 25 heavy (non-hydrogen) atoms. The Morgan fingerprint density at radius 2 is 1.96 bits per heavy atom. The maximum absolute atomic E-state index is 13.2. The molecular weight excluding hydrogens is 330 g/mol. The number of para-hydroxylation sites is 1. The molecule has 1 fully saturated rings. The highest BCUT2D eigenvalue weighted by Gasteiger charge is 2.23. The van der Waals surface area contributed by atoms with Crippen LogP contribution in [-0.4, -0.2) is 53.4 Å². The van der Waals surface area contributed by atoms with Crippen molar-refractivity contribution in [1.82, 2.24) is 14.8 Å². The molecule has 3 heterocycles. The standard InChI is InChI=1S/C20H21N3OS/c1-2-22-8-10-23(11-9-22)20(24)17-13-19(15-7-12-25-14-15)21-18-6-4-3-5-16(17)18/h3-7,12-14H,2,8-11H2,1H3. The average Bonchev–Trinajstić information content (AvgIpc) is 3.21. The molecule has 1 aromatic carbocycles. The third-order valence-electron chi connectivity index (χ3n) is 4.87. The molecule has 0 bridgehead atoms. The van der Waals surface area contributed by atoms with Crippen molar-refractivity contribution in [1.29, 1.82) is 0 Å². The van der Waals surface area contributed by atoms with Crippen molar-refractivity contribution >= 4 is 28.1 Å². The number of benzene rings is 1. The van der Waals surface area contributed by atoms with Crippen LogP contribution in [0.3, 0.4) is 0 Å². The van der Waals surface area contributed by atoms with Gasteiger partial charge in [-0.1, -0.05) is 25.1 Å². The van der Waals surface area contributed by atoms with Crippen LogP contribution in [-0.2, 0) is 0 Å². The number of nitrogens with zero attached hydrogens (tertiary/aromatic N) is 3. The number of piperazine rings is 1. The van der Waals surface area contributed by atoms with Crippen molar-refractivity contribution in [3.63, 3.8) is 0 Å². The van der Waals surface area contributed by atoms with Crippen LogP contribution in [0.4, 0.5) is 0 Å². The molecule has 1 aliphatic heterocycles. The second-order valence-corrected chi connectivity index (χ2v) is 7.09. The lowest BCUT2D eigenvalue weighted by Crippen LogP contribution is -2.48. The van der Waals surface area contributed by atoms with Gasteiger partial charge in [0.15, 0.2) is 0 Å². The number of hydrogen-bond donors (Lipinski definition) is 0. The van der Waals surface area contributed by atoms with E-state index in [0.29, 0.717) is 0 Å². The highest BCUT2D eigenvalue weighted by molar-refractivity contribution is 7.08. The SMILES string of the molecule is CCN1CCN(C(=O)c2cc(-c3ccsc3)nc3ccccc23)CC1. The molecule has 1 aliphatic rings. The second-order valence-electron chi connectivity index (χ2n) is 6.31. The van der Waals surface area contributed by atoms with E-state index in [1.165, 1.54) is 0 Å². The fraction of sp³-hybridized carbons (Fsp3) is 0.300. The Hall–Kier alpha value is -2.24. The Kier molecular flexibility index (Phi) is 4.51. The molecule has 0 atom stereocenters. The van der Waals surface area contributed by atoms with Gasteiger partial charge in [0.05, 0.1) is 16.8 Å². The molecule has 2 aromatic heterocycles. The summed E-state index contributed by atoms with van der Waals surface area (Å²) in [6, 6.07) is 11.9. The number of carbonyl (C=O) groups excluding carboxylic acids is 1. The molecule has 0 N–H and O–H groups in total. The van der Waals surface area contributed by atoms with Crippen LogP contribution in [0.25, 0.3) is 22.2 Å². The number of hydrogen-bond acceptors (Lipinski definition) is 4. The van der Waals surface area contributed by atoms with Gasteiger partial charge < -0.3 is 9.80 Å². The first-order valence-corrected chi connectivity index (χ1v) is 9.64. The number of aromatic nitrogens is 1. The number of amides is 1. The third kappa shape index (κ3) is 3.17. The topological polar surface area (TPSA) is 36.4 Å². The molecule has 0 saturated carbocycles. The van der Waals surface area contributed by atoms with E-state index < -0.39 is 0 Å². The van der Waals surface area contributed by atoms with Crippen LogP contribution in [0, 0.1) is 0 Å². The van der Waals surface area contributed by atoms with Crippen LogP contribution in [0.1, 0.15) is 17.3 Å². The molecule has 128 valence electrons. The highest BCUT2D eigenvalue weighted by atomic mass is 32.1. The summed E-state index contributed by atoms with van der Waals surface area (Å²) >= 11 is 1.64. The fourth-order valence-electron chi connectivity index (χ4n) is 3.35. The fourth-order valence-corrected chi connectivity index (χ4v) is 4.00. The first-order valence-electron chi connectivity index (χ1n) is 8.70. The first kappa shape index (κ1) is 16.2. The lowest BCUT2D eigenvalue weighted by Gasteiger charge is -2.34. The van der Waals surface area contributed by atoms with Gasteiger partial charge in [-0.2, -0.15) is 11.3 Å². The van der Waals surface area contributed by atoms with Gasteiger partial charge in [0.25, 0.3) is 5.91 Å². The molecule has 0 spiro atoms. The Bertz CT molecular complexity index is 883. The Labute approximate surface area is 151 Å². The van der Waals surface area contributed by atoms with E-state index in [1.54, 1.807) is 11.3 Å². The smallest absolute Gasteiger partial charge is 0.254 e. The number of carbonyl (C=O) groups is 1. The van der Waals surface area contributed by atoms with Gasteiger partial charge in [-0.3, -0.25) is 4.79 Å². The lowest BCUT2D eigenvalue weighted by molar-refractivity contribution is 0.0645. The number of rotatable bonds is 3. The van der Waals surface area contributed by atoms with Crippen LogP contribution < -0.4 is 0 Å². The molecule has 1 amide bonds. The third-order valence-corrected chi connectivity index (χ3v) is 5.55. The maximum Gasteiger partial charge on any atom is 0.254 e. The minimum atomic E-state index is 0.117. The highest BCUT2D eigenvalue weighted by Crippen LogP contribution is 2.27.